The number of nitrogens with two attached hydrogens (primary N) is 1. The Labute approximate surface area is 212 Å². The molecule has 35 heavy (non-hydrogen) atoms. The number of allylic oxidation sites excluding steroid dienone is 1. The van der Waals surface area contributed by atoms with Gasteiger partial charge in [0.05, 0.1) is 0 Å². The van der Waals surface area contributed by atoms with Crippen LogP contribution in [0.2, 0.25) is 0 Å². The Kier molecular flexibility index (Phi) is 7.03. The third-order valence-corrected chi connectivity index (χ3v) is 7.88. The number of ether oxygens (including phenoxy) is 1. The molecule has 5 rings (SSSR count). The van der Waals surface area contributed by atoms with Gasteiger partial charge in [0, 0.05) is 23.0 Å². The molecule has 1 unspecified atom stereocenters. The van der Waals surface area contributed by atoms with Crippen LogP contribution < -0.4 is 5.73 Å². The van der Waals surface area contributed by atoms with Gasteiger partial charge < -0.3 is 10.5 Å². The molecule has 0 radical (unpaired) electrons. The SMILES string of the molecule is NC1C(=O)N2C(C(=O)OC(c3ccccc3)c3ccccc3)=C(/C=C/Sc3cccnc3)CS[C@H]12. The van der Waals surface area contributed by atoms with Gasteiger partial charge in [0.15, 0.2) is 6.10 Å². The number of carbonyl (C=O) groups excluding carboxylic acids is 2. The first-order chi connectivity index (χ1) is 17.1. The predicted molar refractivity (Wildman–Crippen MR) is 138 cm³/mol. The molecular weight excluding hydrogens is 478 g/mol. The van der Waals surface area contributed by atoms with Crippen LogP contribution in [0, 0.1) is 0 Å². The maximum Gasteiger partial charge on any atom is 0.356 e. The van der Waals surface area contributed by atoms with Gasteiger partial charge >= 0.3 is 5.97 Å². The minimum Gasteiger partial charge on any atom is -0.448 e. The lowest BCUT2D eigenvalue weighted by atomic mass is 10.0. The summed E-state index contributed by atoms with van der Waals surface area (Å²) in [5.74, 6) is -0.256. The Morgan fingerprint density at radius 2 is 1.77 bits per heavy atom. The second-order valence-corrected chi connectivity index (χ2v) is 10.1. The highest BCUT2D eigenvalue weighted by atomic mass is 32.2. The van der Waals surface area contributed by atoms with E-state index in [9.17, 15) is 9.59 Å². The summed E-state index contributed by atoms with van der Waals surface area (Å²) >= 11 is 3.04. The summed E-state index contributed by atoms with van der Waals surface area (Å²) in [5, 5.41) is 1.64. The van der Waals surface area contributed by atoms with E-state index in [4.69, 9.17) is 10.5 Å². The minimum absolute atomic E-state index is 0.264. The quantitative estimate of drug-likeness (QED) is 0.289. The maximum absolute atomic E-state index is 13.7. The molecule has 8 heteroatoms. The summed E-state index contributed by atoms with van der Waals surface area (Å²) in [5.41, 5.74) is 8.73. The number of fused-ring (bicyclic) bond motifs is 1. The zero-order valence-corrected chi connectivity index (χ0v) is 20.3. The Bertz CT molecular complexity index is 1230. The minimum atomic E-state index is -0.614. The van der Waals surface area contributed by atoms with Gasteiger partial charge in [0.25, 0.3) is 0 Å². The third kappa shape index (κ3) is 4.91. The van der Waals surface area contributed by atoms with Crippen molar-refractivity contribution in [2.75, 3.05) is 5.75 Å². The Morgan fingerprint density at radius 1 is 1.09 bits per heavy atom. The van der Waals surface area contributed by atoms with E-state index in [0.717, 1.165) is 21.6 Å². The van der Waals surface area contributed by atoms with Crippen molar-refractivity contribution in [1.29, 1.82) is 0 Å². The third-order valence-electron chi connectivity index (χ3n) is 5.77. The van der Waals surface area contributed by atoms with Crippen LogP contribution in [-0.4, -0.2) is 38.9 Å². The number of amides is 1. The Hall–Kier alpha value is -3.33. The number of thioether (sulfide) groups is 2. The molecule has 1 saturated heterocycles. The number of β-lactam (4-membered cyclic amide) rings is 1. The molecule has 176 valence electrons. The fraction of sp³-hybridized carbons (Fsp3) is 0.148. The van der Waals surface area contributed by atoms with Gasteiger partial charge in [-0.15, -0.1) is 11.8 Å². The summed E-state index contributed by atoms with van der Waals surface area (Å²) in [6.07, 6.45) is 4.75. The molecule has 1 fully saturated rings. The Balaban J connectivity index is 1.47. The second-order valence-electron chi connectivity index (χ2n) is 8.03. The van der Waals surface area contributed by atoms with Gasteiger partial charge in [-0.3, -0.25) is 14.7 Å². The number of nitrogens with zero attached hydrogens (tertiary/aromatic N) is 2. The molecular formula is C27H23N3O3S2. The largest absolute Gasteiger partial charge is 0.448 e. The van der Waals surface area contributed by atoms with Crippen molar-refractivity contribution in [2.45, 2.75) is 22.4 Å². The molecule has 2 aliphatic heterocycles. The van der Waals surface area contributed by atoms with Crippen LogP contribution in [0.5, 0.6) is 0 Å². The molecule has 3 aromatic rings. The fourth-order valence-electron chi connectivity index (χ4n) is 4.02. The van der Waals surface area contributed by atoms with E-state index in [2.05, 4.69) is 4.98 Å². The topological polar surface area (TPSA) is 85.5 Å². The molecule has 0 bridgehead atoms. The average molecular weight is 502 g/mol. The molecule has 2 atom stereocenters. The lowest BCUT2D eigenvalue weighted by Crippen LogP contribution is -2.68. The number of carbonyl (C=O) groups is 2. The summed E-state index contributed by atoms with van der Waals surface area (Å²) in [6.45, 7) is 0. The number of hydrogen-bond donors (Lipinski definition) is 1. The first kappa shape index (κ1) is 23.4. The van der Waals surface area contributed by atoms with E-state index >= 15 is 0 Å². The maximum atomic E-state index is 13.7. The molecule has 2 aromatic carbocycles. The smallest absolute Gasteiger partial charge is 0.356 e. The average Bonchev–Trinajstić information content (AvgIpc) is 2.92. The van der Waals surface area contributed by atoms with Crippen molar-refractivity contribution in [3.8, 4) is 0 Å². The molecule has 3 heterocycles. The highest BCUT2D eigenvalue weighted by Crippen LogP contribution is 2.41. The van der Waals surface area contributed by atoms with Gasteiger partial charge in [-0.05, 0) is 40.3 Å². The van der Waals surface area contributed by atoms with Gasteiger partial charge in [-0.25, -0.2) is 4.79 Å². The van der Waals surface area contributed by atoms with Crippen LogP contribution in [0.3, 0.4) is 0 Å². The van der Waals surface area contributed by atoms with E-state index in [-0.39, 0.29) is 17.0 Å². The number of hydrogen-bond acceptors (Lipinski definition) is 7. The summed E-state index contributed by atoms with van der Waals surface area (Å²) in [4.78, 5) is 32.9. The second kappa shape index (κ2) is 10.5. The van der Waals surface area contributed by atoms with Gasteiger partial charge in [-0.2, -0.15) is 0 Å². The van der Waals surface area contributed by atoms with Crippen molar-refractivity contribution in [1.82, 2.24) is 9.88 Å². The highest BCUT2D eigenvalue weighted by molar-refractivity contribution is 8.02. The van der Waals surface area contributed by atoms with Gasteiger partial charge in [0.1, 0.15) is 17.1 Å². The van der Waals surface area contributed by atoms with Crippen molar-refractivity contribution < 1.29 is 14.3 Å². The van der Waals surface area contributed by atoms with Crippen molar-refractivity contribution in [3.63, 3.8) is 0 Å². The van der Waals surface area contributed by atoms with Crippen LogP contribution in [0.1, 0.15) is 17.2 Å². The van der Waals surface area contributed by atoms with E-state index in [1.54, 1.807) is 24.2 Å². The van der Waals surface area contributed by atoms with E-state index in [1.807, 2.05) is 84.3 Å². The summed E-state index contributed by atoms with van der Waals surface area (Å²) in [6, 6.07) is 22.4. The molecule has 0 aliphatic carbocycles. The van der Waals surface area contributed by atoms with E-state index in [0.29, 0.717) is 5.75 Å². The van der Waals surface area contributed by atoms with Crippen molar-refractivity contribution >= 4 is 35.4 Å². The van der Waals surface area contributed by atoms with Gasteiger partial charge in [0.2, 0.25) is 5.91 Å². The zero-order valence-electron chi connectivity index (χ0n) is 18.7. The highest BCUT2D eigenvalue weighted by Gasteiger charge is 2.52. The van der Waals surface area contributed by atoms with Gasteiger partial charge in [-0.1, -0.05) is 72.4 Å². The molecule has 6 nitrogen and oxygen atoms in total. The number of rotatable bonds is 7. The first-order valence-corrected chi connectivity index (χ1v) is 13.0. The molecule has 1 aromatic heterocycles. The normalized spacial score (nSPS) is 19.6. The first-order valence-electron chi connectivity index (χ1n) is 11.1. The van der Waals surface area contributed by atoms with Crippen LogP contribution >= 0.6 is 23.5 Å². The van der Waals surface area contributed by atoms with Crippen LogP contribution in [0.25, 0.3) is 0 Å². The van der Waals surface area contributed by atoms with E-state index in [1.165, 1.54) is 16.7 Å². The standard InChI is InChI=1S/C27H23N3O3S2/c28-22-25(31)30-23(20(17-35-26(22)30)13-15-34-21-12-7-14-29-16-21)27(32)33-24(18-8-3-1-4-9-18)19-10-5-2-6-11-19/h1-16,22,24,26H,17,28H2/b15-13+/t22?,26-/m1/s1. The monoisotopic (exact) mass is 501 g/mol. The fourth-order valence-corrected chi connectivity index (χ4v) is 5.95. The van der Waals surface area contributed by atoms with Crippen LogP contribution in [0.4, 0.5) is 0 Å². The Morgan fingerprint density at radius 3 is 2.40 bits per heavy atom. The lowest BCUT2D eigenvalue weighted by Gasteiger charge is -2.48. The summed E-state index contributed by atoms with van der Waals surface area (Å²) in [7, 11) is 0. The number of aromatic nitrogens is 1. The number of benzene rings is 2. The zero-order chi connectivity index (χ0) is 24.2. The van der Waals surface area contributed by atoms with Crippen LogP contribution in [-0.2, 0) is 14.3 Å². The lowest BCUT2D eigenvalue weighted by molar-refractivity contribution is -0.153. The van der Waals surface area contributed by atoms with E-state index < -0.39 is 18.1 Å². The number of esters is 1. The van der Waals surface area contributed by atoms with Crippen molar-refractivity contribution in [3.05, 3.63) is 119 Å². The molecule has 2 N–H and O–H groups in total. The molecule has 0 spiro atoms. The van der Waals surface area contributed by atoms with Crippen LogP contribution in [0.15, 0.2) is 113 Å². The molecule has 2 aliphatic rings. The summed E-state index contributed by atoms with van der Waals surface area (Å²) < 4.78 is 6.10. The molecule has 1 amide bonds. The number of pyridine rings is 1. The van der Waals surface area contributed by atoms with Crippen molar-refractivity contribution in [2.24, 2.45) is 5.73 Å². The predicted octanol–water partition coefficient (Wildman–Crippen LogP) is 4.52. The molecule has 0 saturated carbocycles.